The standard InChI is InChI=1S/C11H14BrN3O3/c1-4-14(2)6-5-8-9(12)7-13-11(18-3)10(8)15(16)17/h5-7H,4H2,1-3H3/b6-5+. The van der Waals surface area contributed by atoms with Gasteiger partial charge < -0.3 is 9.64 Å². The smallest absolute Gasteiger partial charge is 0.339 e. The van der Waals surface area contributed by atoms with Gasteiger partial charge >= 0.3 is 5.69 Å². The number of ether oxygens (including phenoxy) is 1. The fraction of sp³-hybridized carbons (Fsp3) is 0.364. The Hall–Kier alpha value is -1.63. The lowest BCUT2D eigenvalue weighted by atomic mass is 10.2. The molecule has 0 aliphatic rings. The van der Waals surface area contributed by atoms with Crippen molar-refractivity contribution in [1.82, 2.24) is 9.88 Å². The third kappa shape index (κ3) is 3.19. The van der Waals surface area contributed by atoms with Gasteiger partial charge in [0.25, 0.3) is 5.88 Å². The molecule has 0 atom stereocenters. The van der Waals surface area contributed by atoms with Crippen molar-refractivity contribution in [2.24, 2.45) is 0 Å². The van der Waals surface area contributed by atoms with Crippen LogP contribution in [0.3, 0.4) is 0 Å². The molecule has 0 aliphatic heterocycles. The van der Waals surface area contributed by atoms with E-state index in [1.807, 2.05) is 18.9 Å². The molecule has 0 saturated carbocycles. The van der Waals surface area contributed by atoms with E-state index in [0.29, 0.717) is 10.0 Å². The quantitative estimate of drug-likeness (QED) is 0.617. The highest BCUT2D eigenvalue weighted by Crippen LogP contribution is 2.34. The first-order chi connectivity index (χ1) is 8.51. The molecule has 1 aromatic heterocycles. The molecule has 0 saturated heterocycles. The van der Waals surface area contributed by atoms with Gasteiger partial charge in [-0.1, -0.05) is 0 Å². The second-order valence-corrected chi connectivity index (χ2v) is 4.38. The van der Waals surface area contributed by atoms with E-state index in [2.05, 4.69) is 20.9 Å². The topological polar surface area (TPSA) is 68.5 Å². The van der Waals surface area contributed by atoms with Crippen molar-refractivity contribution >= 4 is 27.7 Å². The second kappa shape index (κ2) is 6.34. The van der Waals surface area contributed by atoms with Crippen molar-refractivity contribution < 1.29 is 9.66 Å². The van der Waals surface area contributed by atoms with Crippen LogP contribution in [0.1, 0.15) is 12.5 Å². The summed E-state index contributed by atoms with van der Waals surface area (Å²) in [6.45, 7) is 2.80. The van der Waals surface area contributed by atoms with E-state index in [1.54, 1.807) is 12.3 Å². The number of pyridine rings is 1. The van der Waals surface area contributed by atoms with Crippen molar-refractivity contribution in [1.29, 1.82) is 0 Å². The fourth-order valence-corrected chi connectivity index (χ4v) is 1.69. The number of aromatic nitrogens is 1. The van der Waals surface area contributed by atoms with Crippen LogP contribution < -0.4 is 4.74 Å². The zero-order valence-electron chi connectivity index (χ0n) is 10.4. The van der Waals surface area contributed by atoms with Gasteiger partial charge in [0.1, 0.15) is 0 Å². The number of hydrogen-bond acceptors (Lipinski definition) is 5. The van der Waals surface area contributed by atoms with E-state index in [4.69, 9.17) is 4.74 Å². The van der Waals surface area contributed by atoms with E-state index in [0.717, 1.165) is 6.54 Å². The summed E-state index contributed by atoms with van der Waals surface area (Å²) in [6, 6.07) is 0. The number of nitrogens with zero attached hydrogens (tertiary/aromatic N) is 3. The molecule has 7 heteroatoms. The molecule has 1 rings (SSSR count). The van der Waals surface area contributed by atoms with Crippen LogP contribution in [-0.2, 0) is 0 Å². The molecule has 0 aliphatic carbocycles. The van der Waals surface area contributed by atoms with Gasteiger partial charge in [-0.05, 0) is 35.1 Å². The summed E-state index contributed by atoms with van der Waals surface area (Å²) in [5.74, 6) is 0.00185. The molecule has 0 spiro atoms. The minimum atomic E-state index is -0.498. The highest BCUT2D eigenvalue weighted by Gasteiger charge is 2.23. The summed E-state index contributed by atoms with van der Waals surface area (Å²) in [5.41, 5.74) is 0.291. The van der Waals surface area contributed by atoms with Gasteiger partial charge in [-0.25, -0.2) is 4.98 Å². The minimum Gasteiger partial charge on any atom is -0.476 e. The lowest BCUT2D eigenvalue weighted by molar-refractivity contribution is -0.386. The van der Waals surface area contributed by atoms with Crippen molar-refractivity contribution in [3.63, 3.8) is 0 Å². The zero-order chi connectivity index (χ0) is 13.7. The SMILES string of the molecule is CCN(C)/C=C/c1c(Br)cnc(OC)c1[N+](=O)[O-]. The summed E-state index contributed by atoms with van der Waals surface area (Å²) >= 11 is 3.26. The maximum absolute atomic E-state index is 11.1. The highest BCUT2D eigenvalue weighted by molar-refractivity contribution is 9.10. The van der Waals surface area contributed by atoms with Crippen molar-refractivity contribution in [2.45, 2.75) is 6.92 Å². The Kier molecular flexibility index (Phi) is 5.08. The molecule has 1 aromatic rings. The molecule has 98 valence electrons. The first-order valence-corrected chi connectivity index (χ1v) is 6.05. The molecule has 6 nitrogen and oxygen atoms in total. The van der Waals surface area contributed by atoms with Gasteiger partial charge in [0, 0.05) is 19.8 Å². The predicted molar refractivity (Wildman–Crippen MR) is 72.5 cm³/mol. The van der Waals surface area contributed by atoms with Crippen molar-refractivity contribution in [3.05, 3.63) is 32.5 Å². The molecule has 0 aromatic carbocycles. The Morgan fingerprint density at radius 1 is 1.67 bits per heavy atom. The largest absolute Gasteiger partial charge is 0.476 e. The van der Waals surface area contributed by atoms with Crippen LogP contribution in [0, 0.1) is 10.1 Å². The van der Waals surface area contributed by atoms with Crippen molar-refractivity contribution in [3.8, 4) is 5.88 Å². The molecule has 0 amide bonds. The molecular formula is C11H14BrN3O3. The van der Waals surface area contributed by atoms with E-state index in [-0.39, 0.29) is 11.6 Å². The lowest BCUT2D eigenvalue weighted by Gasteiger charge is -2.10. The third-order valence-corrected chi connectivity index (χ3v) is 3.01. The number of rotatable bonds is 5. The van der Waals surface area contributed by atoms with Gasteiger partial charge in [0.2, 0.25) is 0 Å². The number of nitro groups is 1. The zero-order valence-corrected chi connectivity index (χ0v) is 12.0. The molecule has 0 fully saturated rings. The summed E-state index contributed by atoms with van der Waals surface area (Å²) in [4.78, 5) is 16.4. The highest BCUT2D eigenvalue weighted by atomic mass is 79.9. The van der Waals surface area contributed by atoms with Crippen LogP contribution in [0.15, 0.2) is 16.9 Å². The van der Waals surface area contributed by atoms with Gasteiger partial charge in [-0.15, -0.1) is 0 Å². The van der Waals surface area contributed by atoms with Gasteiger partial charge in [-0.3, -0.25) is 10.1 Å². The van der Waals surface area contributed by atoms with Crippen LogP contribution >= 0.6 is 15.9 Å². The maximum atomic E-state index is 11.1. The second-order valence-electron chi connectivity index (χ2n) is 3.52. The average Bonchev–Trinajstić information content (AvgIpc) is 2.36. The lowest BCUT2D eigenvalue weighted by Crippen LogP contribution is -2.08. The van der Waals surface area contributed by atoms with Gasteiger partial charge in [-0.2, -0.15) is 0 Å². The normalized spacial score (nSPS) is 10.7. The molecule has 1 heterocycles. The Morgan fingerprint density at radius 2 is 2.33 bits per heavy atom. The van der Waals surface area contributed by atoms with E-state index in [9.17, 15) is 10.1 Å². The predicted octanol–water partition coefficient (Wildman–Crippen LogP) is 2.68. The van der Waals surface area contributed by atoms with Crippen LogP contribution in [0.5, 0.6) is 5.88 Å². The average molecular weight is 316 g/mol. The molecule has 0 unspecified atom stereocenters. The Morgan fingerprint density at radius 3 is 2.83 bits per heavy atom. The monoisotopic (exact) mass is 315 g/mol. The van der Waals surface area contributed by atoms with E-state index < -0.39 is 4.92 Å². The Labute approximate surface area is 114 Å². The minimum absolute atomic E-state index is 0.00185. The molecule has 0 radical (unpaired) electrons. The molecular weight excluding hydrogens is 302 g/mol. The summed E-state index contributed by atoms with van der Waals surface area (Å²) in [7, 11) is 3.24. The summed E-state index contributed by atoms with van der Waals surface area (Å²) in [5, 5.41) is 11.1. The first kappa shape index (κ1) is 14.4. The number of methoxy groups -OCH3 is 1. The van der Waals surface area contributed by atoms with E-state index >= 15 is 0 Å². The van der Waals surface area contributed by atoms with Crippen LogP contribution in [0.25, 0.3) is 6.08 Å². The van der Waals surface area contributed by atoms with Crippen LogP contribution in [0.2, 0.25) is 0 Å². The summed E-state index contributed by atoms with van der Waals surface area (Å²) in [6.07, 6.45) is 4.92. The van der Waals surface area contributed by atoms with Crippen LogP contribution in [-0.4, -0.2) is 35.5 Å². The fourth-order valence-electron chi connectivity index (χ4n) is 1.27. The summed E-state index contributed by atoms with van der Waals surface area (Å²) < 4.78 is 5.47. The van der Waals surface area contributed by atoms with E-state index in [1.165, 1.54) is 13.3 Å². The van der Waals surface area contributed by atoms with Crippen molar-refractivity contribution in [2.75, 3.05) is 20.7 Å². The Balaban J connectivity index is 3.31. The number of halogens is 1. The third-order valence-electron chi connectivity index (χ3n) is 2.38. The number of hydrogen-bond donors (Lipinski definition) is 0. The maximum Gasteiger partial charge on any atom is 0.339 e. The van der Waals surface area contributed by atoms with Gasteiger partial charge in [0.05, 0.1) is 22.1 Å². The first-order valence-electron chi connectivity index (χ1n) is 5.26. The molecule has 0 bridgehead atoms. The van der Waals surface area contributed by atoms with Gasteiger partial charge in [0.15, 0.2) is 0 Å². The van der Waals surface area contributed by atoms with Crippen LogP contribution in [0.4, 0.5) is 5.69 Å². The molecule has 0 N–H and O–H groups in total. The molecule has 18 heavy (non-hydrogen) atoms. The Bertz CT molecular complexity index is 477.